The van der Waals surface area contributed by atoms with Gasteiger partial charge in [0.1, 0.15) is 13.2 Å². The van der Waals surface area contributed by atoms with Gasteiger partial charge in [0, 0.05) is 63.9 Å². The number of esters is 2. The average Bonchev–Trinajstić information content (AvgIpc) is 3.45. The van der Waals surface area contributed by atoms with Crippen molar-refractivity contribution >= 4 is 45.7 Å². The molecule has 12 nitrogen and oxygen atoms in total. The van der Waals surface area contributed by atoms with E-state index in [1.807, 2.05) is 4.90 Å². The smallest absolute Gasteiger partial charge is 0.409 e. The summed E-state index contributed by atoms with van der Waals surface area (Å²) < 4.78 is 22.9. The number of hydrogen-bond donors (Lipinski definition) is 1. The van der Waals surface area contributed by atoms with Crippen LogP contribution in [0, 0.1) is 11.8 Å². The Balaban J connectivity index is 2.50. The fourth-order valence-corrected chi connectivity index (χ4v) is 12.2. The number of carbonyl (C=O) groups is 4. The number of carbonyl (C=O) groups excluding carboxylic acids is 4. The summed E-state index contributed by atoms with van der Waals surface area (Å²) in [5.41, 5.74) is 0. The minimum absolute atomic E-state index is 0.0311. The lowest BCUT2D eigenvalue weighted by molar-refractivity contribution is -0.150. The van der Waals surface area contributed by atoms with Crippen LogP contribution in [0.1, 0.15) is 285 Å². The van der Waals surface area contributed by atoms with Gasteiger partial charge in [-0.15, -0.1) is 0 Å². The van der Waals surface area contributed by atoms with E-state index in [-0.39, 0.29) is 36.0 Å². The van der Waals surface area contributed by atoms with Gasteiger partial charge in [0.05, 0.1) is 25.0 Å². The van der Waals surface area contributed by atoms with Crippen LogP contribution < -0.4 is 5.32 Å². The Morgan fingerprint density at radius 1 is 0.418 bits per heavy atom. The van der Waals surface area contributed by atoms with Gasteiger partial charge >= 0.3 is 24.1 Å². The summed E-state index contributed by atoms with van der Waals surface area (Å²) in [6.07, 6.45) is 45.5. The number of likely N-dealkylation sites (N-methyl/N-ethyl adjacent to an activating group) is 1. The van der Waals surface area contributed by atoms with E-state index in [4.69, 9.17) is 18.9 Å². The number of hydrogen-bond acceptors (Lipinski definition) is 12. The first-order valence-electron chi connectivity index (χ1n) is 33.6. The number of unbranched alkanes of at least 4 members (excludes halogenated alkanes) is 30. The van der Waals surface area contributed by atoms with Gasteiger partial charge < -0.3 is 34.1 Å². The van der Waals surface area contributed by atoms with E-state index < -0.39 is 0 Å². The molecule has 14 heteroatoms. The van der Waals surface area contributed by atoms with E-state index in [0.29, 0.717) is 57.6 Å². The van der Waals surface area contributed by atoms with Gasteiger partial charge in [0.15, 0.2) is 0 Å². The Kier molecular flexibility index (Phi) is 55.0. The third kappa shape index (κ3) is 48.2. The maximum absolute atomic E-state index is 13.4. The number of alkyl carbamates (subject to hydrolysis) is 1. The quantitative estimate of drug-likeness (QED) is 0.0270. The lowest BCUT2D eigenvalue weighted by atomic mass is 9.94. The van der Waals surface area contributed by atoms with Crippen LogP contribution in [0.2, 0.25) is 0 Å². The van der Waals surface area contributed by atoms with E-state index in [1.165, 1.54) is 128 Å². The van der Waals surface area contributed by atoms with Crippen molar-refractivity contribution in [2.45, 2.75) is 285 Å². The summed E-state index contributed by atoms with van der Waals surface area (Å²) in [6.45, 7) is 17.7. The topological polar surface area (TPSA) is 127 Å². The van der Waals surface area contributed by atoms with E-state index in [9.17, 15) is 19.2 Å². The molecule has 0 unspecified atom stereocenters. The predicted molar refractivity (Wildman–Crippen MR) is 337 cm³/mol. The Hall–Kier alpha value is -1.90. The Labute approximate surface area is 495 Å². The van der Waals surface area contributed by atoms with Crippen LogP contribution in [0.15, 0.2) is 0 Å². The first-order valence-corrected chi connectivity index (χ1v) is 36.0. The molecule has 0 aromatic heterocycles. The lowest BCUT2D eigenvalue weighted by Gasteiger charge is -2.32. The highest BCUT2D eigenvalue weighted by atomic mass is 33.1. The Morgan fingerprint density at radius 2 is 0.759 bits per heavy atom. The van der Waals surface area contributed by atoms with E-state index >= 15 is 0 Å². The molecule has 2 amide bonds. The van der Waals surface area contributed by atoms with Crippen molar-refractivity contribution in [2.24, 2.45) is 11.8 Å². The summed E-state index contributed by atoms with van der Waals surface area (Å²) in [5.74, 6) is 1.51. The van der Waals surface area contributed by atoms with Gasteiger partial charge in [-0.3, -0.25) is 14.5 Å². The Bertz CT molecular complexity index is 1280. The zero-order chi connectivity index (χ0) is 57.3. The molecule has 0 spiro atoms. The zero-order valence-corrected chi connectivity index (χ0v) is 53.9. The highest BCUT2D eigenvalue weighted by molar-refractivity contribution is 8.76. The molecule has 0 aliphatic carbocycles. The highest BCUT2D eigenvalue weighted by Gasteiger charge is 2.21. The number of nitrogens with zero attached hydrogens (tertiary/aromatic N) is 3. The third-order valence-corrected chi connectivity index (χ3v) is 18.2. The second-order valence-electron chi connectivity index (χ2n) is 23.2. The second-order valence-corrected chi connectivity index (χ2v) is 25.9. The molecule has 0 radical (unpaired) electrons. The van der Waals surface area contributed by atoms with Crippen molar-refractivity contribution in [3.8, 4) is 0 Å². The SMILES string of the molecule is CCCCCCCCC(CCCCCCCC)C(=O)OCCCCCCCCN(CCCCCCCCOC(=O)C(CCCCCCCC)CCCCCCCC)C(=O)OCCSSCCOC(=O)NCCN1CCN(C)CC1. The van der Waals surface area contributed by atoms with Gasteiger partial charge in [-0.2, -0.15) is 0 Å². The van der Waals surface area contributed by atoms with Crippen molar-refractivity contribution in [3.63, 3.8) is 0 Å². The van der Waals surface area contributed by atoms with Crippen LogP contribution in [0.4, 0.5) is 9.59 Å². The molecule has 0 bridgehead atoms. The summed E-state index contributed by atoms with van der Waals surface area (Å²) in [6, 6.07) is 0. The molecule has 1 heterocycles. The minimum atomic E-state index is -0.369. The molecule has 0 aromatic rings. The molecule has 1 aliphatic heterocycles. The number of piperazine rings is 1. The van der Waals surface area contributed by atoms with Crippen molar-refractivity contribution < 1.29 is 38.1 Å². The lowest BCUT2D eigenvalue weighted by Crippen LogP contribution is -2.47. The van der Waals surface area contributed by atoms with Crippen LogP contribution >= 0.6 is 21.6 Å². The third-order valence-electron chi connectivity index (χ3n) is 15.9. The van der Waals surface area contributed by atoms with Crippen molar-refractivity contribution in [1.29, 1.82) is 0 Å². The fourth-order valence-electron chi connectivity index (χ4n) is 10.5. The highest BCUT2D eigenvalue weighted by Crippen LogP contribution is 2.24. The maximum Gasteiger partial charge on any atom is 0.409 e. The van der Waals surface area contributed by atoms with Crippen LogP contribution in [-0.2, 0) is 28.5 Å². The first-order chi connectivity index (χ1) is 38.7. The number of ether oxygens (including phenoxy) is 4. The van der Waals surface area contributed by atoms with Gasteiger partial charge in [-0.1, -0.05) is 255 Å². The zero-order valence-electron chi connectivity index (χ0n) is 52.3. The fraction of sp³-hybridized carbons (Fsp3) is 0.938. The average molecular weight is 1160 g/mol. The molecule has 0 aromatic carbocycles. The van der Waals surface area contributed by atoms with Crippen LogP contribution in [-0.4, -0.2) is 136 Å². The van der Waals surface area contributed by atoms with Crippen molar-refractivity contribution in [3.05, 3.63) is 0 Å². The molecule has 1 N–H and O–H groups in total. The second kappa shape index (κ2) is 57.9. The number of nitrogens with one attached hydrogen (secondary N) is 1. The standard InChI is InChI=1S/C65H126N4O8S2/c1-6-10-14-18-26-34-42-60(43-35-27-19-15-11-7-2)62(70)74-54-40-32-24-22-30-38-47-69(65(73)77-57-59-79-78-58-56-76-64(72)66-46-49-68-52-50-67(5)51-53-68)48-39-31-23-25-33-41-55-75-63(71)61(44-36-28-20-16-12-8-3)45-37-29-21-17-13-9-4/h60-61H,6-59H2,1-5H3,(H,66,72). The van der Waals surface area contributed by atoms with Crippen LogP contribution in [0.25, 0.3) is 0 Å². The van der Waals surface area contributed by atoms with Crippen LogP contribution in [0.3, 0.4) is 0 Å². The van der Waals surface area contributed by atoms with Gasteiger partial charge in [-0.25, -0.2) is 9.59 Å². The van der Waals surface area contributed by atoms with E-state index in [0.717, 1.165) is 161 Å². The molecular weight excluding hydrogens is 1030 g/mol. The molecule has 466 valence electrons. The van der Waals surface area contributed by atoms with Crippen molar-refractivity contribution in [1.82, 2.24) is 20.0 Å². The molecule has 79 heavy (non-hydrogen) atoms. The number of rotatable bonds is 58. The van der Waals surface area contributed by atoms with Gasteiger partial charge in [-0.05, 0) is 58.4 Å². The van der Waals surface area contributed by atoms with Gasteiger partial charge in [0.2, 0.25) is 0 Å². The largest absolute Gasteiger partial charge is 0.465 e. The first kappa shape index (κ1) is 75.1. The van der Waals surface area contributed by atoms with E-state index in [1.54, 1.807) is 21.6 Å². The molecular formula is C65H126N4O8S2. The normalized spacial score (nSPS) is 13.1. The minimum Gasteiger partial charge on any atom is -0.465 e. The summed E-state index contributed by atoms with van der Waals surface area (Å²) in [4.78, 5) is 58.6. The summed E-state index contributed by atoms with van der Waals surface area (Å²) in [5, 5.41) is 2.86. The summed E-state index contributed by atoms with van der Waals surface area (Å²) >= 11 is 0. The van der Waals surface area contributed by atoms with Crippen molar-refractivity contribution in [2.75, 3.05) is 97.3 Å². The monoisotopic (exact) mass is 1150 g/mol. The van der Waals surface area contributed by atoms with Crippen LogP contribution in [0.5, 0.6) is 0 Å². The molecule has 1 fully saturated rings. The van der Waals surface area contributed by atoms with E-state index in [2.05, 4.69) is 49.9 Å². The maximum atomic E-state index is 13.4. The molecule has 0 atom stereocenters. The number of amides is 2. The molecule has 0 saturated carbocycles. The molecule has 1 rings (SSSR count). The molecule has 1 aliphatic rings. The molecule has 1 saturated heterocycles. The predicted octanol–water partition coefficient (Wildman–Crippen LogP) is 17.8. The Morgan fingerprint density at radius 3 is 1.15 bits per heavy atom. The van der Waals surface area contributed by atoms with Gasteiger partial charge in [0.25, 0.3) is 0 Å². The summed E-state index contributed by atoms with van der Waals surface area (Å²) in [7, 11) is 5.40.